The minimum absolute atomic E-state index is 0.0146. The van der Waals surface area contributed by atoms with Crippen molar-refractivity contribution in [2.45, 2.75) is 25.7 Å². The van der Waals surface area contributed by atoms with Gasteiger partial charge < -0.3 is 20.0 Å². The first-order valence-corrected chi connectivity index (χ1v) is 8.59. The Labute approximate surface area is 129 Å². The van der Waals surface area contributed by atoms with Gasteiger partial charge in [0.15, 0.2) is 0 Å². The van der Waals surface area contributed by atoms with Crippen molar-refractivity contribution >= 4 is 12.9 Å². The predicted octanol–water partition coefficient (Wildman–Crippen LogP) is 2.64. The van der Waals surface area contributed by atoms with Crippen molar-refractivity contribution < 1.29 is 24.6 Å². The van der Waals surface area contributed by atoms with E-state index in [1.54, 1.807) is 18.2 Å². The van der Waals surface area contributed by atoms with Crippen LogP contribution in [0.25, 0.3) is 0 Å². The van der Waals surface area contributed by atoms with Crippen molar-refractivity contribution in [1.29, 1.82) is 0 Å². The Morgan fingerprint density at radius 3 is 2.32 bits per heavy atom. The molecule has 2 aromatic rings. The average molecular weight is 322 g/mol. The number of phenols is 2. The summed E-state index contributed by atoms with van der Waals surface area (Å²) in [6.07, 6.45) is 1.11. The Hall–Kier alpha value is -1.81. The fourth-order valence-electron chi connectivity index (χ4n) is 2.56. The molecular weight excluding hydrogens is 303 g/mol. The molecule has 6 heteroatoms. The summed E-state index contributed by atoms with van der Waals surface area (Å²) in [5.41, 5.74) is 1.31. The van der Waals surface area contributed by atoms with Crippen molar-refractivity contribution in [1.82, 2.24) is 0 Å². The zero-order valence-corrected chi connectivity index (χ0v) is 13.1. The van der Waals surface area contributed by atoms with Crippen LogP contribution in [0.4, 0.5) is 0 Å². The number of rotatable bonds is 5. The van der Waals surface area contributed by atoms with E-state index in [0.717, 1.165) is 12.0 Å². The molecule has 0 aliphatic rings. The molecule has 1 atom stereocenters. The summed E-state index contributed by atoms with van der Waals surface area (Å²) >= 11 is 0. The minimum atomic E-state index is -4.40. The molecular formula is C16H19O5P. The van der Waals surface area contributed by atoms with Gasteiger partial charge in [-0.05, 0) is 60.2 Å². The first-order chi connectivity index (χ1) is 10.3. The second-order valence-corrected chi connectivity index (χ2v) is 6.83. The lowest BCUT2D eigenvalue weighted by molar-refractivity contribution is 0.387. The van der Waals surface area contributed by atoms with E-state index < -0.39 is 7.60 Å². The Morgan fingerprint density at radius 1 is 1.05 bits per heavy atom. The third kappa shape index (κ3) is 3.89. The number of hydrogen-bond donors (Lipinski definition) is 4. The standard InChI is InChI=1S/C16H19O5P/c1-2-11(12-4-3-5-14(17)9-12)8-13-10-15(18)6-7-16(13)22(19,20)21/h3-7,9-11,17-18H,2,8H2,1H3,(H2,19,20,21). The maximum Gasteiger partial charge on any atom is 0.356 e. The van der Waals surface area contributed by atoms with Crippen LogP contribution < -0.4 is 5.30 Å². The van der Waals surface area contributed by atoms with Crippen LogP contribution in [-0.2, 0) is 11.0 Å². The SMILES string of the molecule is CCC(Cc1cc(O)ccc1P(=O)(O)O)c1cccc(O)c1. The summed E-state index contributed by atoms with van der Waals surface area (Å²) in [5.74, 6) is 0.110. The van der Waals surface area contributed by atoms with Crippen LogP contribution in [-0.4, -0.2) is 20.0 Å². The highest BCUT2D eigenvalue weighted by Crippen LogP contribution is 2.37. The fourth-order valence-corrected chi connectivity index (χ4v) is 3.36. The maximum absolute atomic E-state index is 11.6. The molecule has 0 aliphatic heterocycles. The maximum atomic E-state index is 11.6. The second-order valence-electron chi connectivity index (χ2n) is 5.26. The molecule has 0 saturated carbocycles. The Morgan fingerprint density at radius 2 is 1.73 bits per heavy atom. The summed E-state index contributed by atoms with van der Waals surface area (Å²) in [7, 11) is -4.40. The topological polar surface area (TPSA) is 98.0 Å². The summed E-state index contributed by atoms with van der Waals surface area (Å²) in [4.78, 5) is 18.9. The highest BCUT2D eigenvalue weighted by molar-refractivity contribution is 7.60. The fraction of sp³-hybridized carbons (Fsp3) is 0.250. The van der Waals surface area contributed by atoms with Gasteiger partial charge in [-0.2, -0.15) is 0 Å². The summed E-state index contributed by atoms with van der Waals surface area (Å²) in [6.45, 7) is 1.97. The molecule has 0 radical (unpaired) electrons. The number of aromatic hydroxyl groups is 2. The third-order valence-corrected chi connectivity index (χ3v) is 4.74. The van der Waals surface area contributed by atoms with Gasteiger partial charge in [0.2, 0.25) is 0 Å². The molecule has 0 fully saturated rings. The Kier molecular flexibility index (Phi) is 4.91. The summed E-state index contributed by atoms with van der Waals surface area (Å²) in [5, 5.41) is 19.1. The van der Waals surface area contributed by atoms with Crippen LogP contribution in [0, 0.1) is 0 Å². The van der Waals surface area contributed by atoms with Gasteiger partial charge in [-0.25, -0.2) is 0 Å². The van der Waals surface area contributed by atoms with Gasteiger partial charge in [0.1, 0.15) is 11.5 Å². The van der Waals surface area contributed by atoms with E-state index in [1.165, 1.54) is 18.2 Å². The van der Waals surface area contributed by atoms with E-state index in [4.69, 9.17) is 0 Å². The lowest BCUT2D eigenvalue weighted by atomic mass is 9.89. The molecule has 22 heavy (non-hydrogen) atoms. The van der Waals surface area contributed by atoms with Crippen LogP contribution >= 0.6 is 7.60 Å². The molecule has 0 spiro atoms. The monoisotopic (exact) mass is 322 g/mol. The zero-order valence-electron chi connectivity index (χ0n) is 12.2. The highest BCUT2D eigenvalue weighted by atomic mass is 31.2. The van der Waals surface area contributed by atoms with Gasteiger partial charge >= 0.3 is 7.60 Å². The van der Waals surface area contributed by atoms with Crippen LogP contribution in [0.2, 0.25) is 0 Å². The first kappa shape index (κ1) is 16.6. The molecule has 2 aromatic carbocycles. The average Bonchev–Trinajstić information content (AvgIpc) is 2.43. The van der Waals surface area contributed by atoms with E-state index in [0.29, 0.717) is 12.0 Å². The van der Waals surface area contributed by atoms with E-state index in [2.05, 4.69) is 0 Å². The highest BCUT2D eigenvalue weighted by Gasteiger charge is 2.23. The summed E-state index contributed by atoms with van der Waals surface area (Å²) < 4.78 is 11.6. The van der Waals surface area contributed by atoms with Gasteiger partial charge in [0.25, 0.3) is 0 Å². The number of benzene rings is 2. The third-order valence-electron chi connectivity index (χ3n) is 3.68. The predicted molar refractivity (Wildman–Crippen MR) is 84.6 cm³/mol. The Balaban J connectivity index is 2.40. The quantitative estimate of drug-likeness (QED) is 0.634. The van der Waals surface area contributed by atoms with E-state index in [1.807, 2.05) is 13.0 Å². The lowest BCUT2D eigenvalue weighted by Gasteiger charge is -2.18. The molecule has 0 aliphatic carbocycles. The number of phenolic OH excluding ortho intramolecular Hbond substituents is 2. The van der Waals surface area contributed by atoms with Crippen LogP contribution in [0.15, 0.2) is 42.5 Å². The lowest BCUT2D eigenvalue weighted by Crippen LogP contribution is -2.14. The van der Waals surface area contributed by atoms with Crippen molar-refractivity contribution in [3.8, 4) is 11.5 Å². The van der Waals surface area contributed by atoms with Gasteiger partial charge in [-0.15, -0.1) is 0 Å². The van der Waals surface area contributed by atoms with Crippen molar-refractivity contribution in [3.63, 3.8) is 0 Å². The normalized spacial score (nSPS) is 13.0. The molecule has 0 amide bonds. The Bertz CT molecular complexity index is 707. The van der Waals surface area contributed by atoms with Crippen molar-refractivity contribution in [2.24, 2.45) is 0 Å². The van der Waals surface area contributed by atoms with Crippen molar-refractivity contribution in [3.05, 3.63) is 53.6 Å². The van der Waals surface area contributed by atoms with Gasteiger partial charge in [0, 0.05) is 0 Å². The molecule has 0 aromatic heterocycles. The van der Waals surface area contributed by atoms with E-state index >= 15 is 0 Å². The smallest absolute Gasteiger partial charge is 0.356 e. The first-order valence-electron chi connectivity index (χ1n) is 6.98. The van der Waals surface area contributed by atoms with Gasteiger partial charge in [-0.1, -0.05) is 19.1 Å². The van der Waals surface area contributed by atoms with Crippen molar-refractivity contribution in [2.75, 3.05) is 0 Å². The zero-order chi connectivity index (χ0) is 16.3. The van der Waals surface area contributed by atoms with Gasteiger partial charge in [-0.3, -0.25) is 4.57 Å². The molecule has 0 saturated heterocycles. The number of hydrogen-bond acceptors (Lipinski definition) is 3. The summed E-state index contributed by atoms with van der Waals surface area (Å²) in [6, 6.07) is 10.8. The van der Waals surface area contributed by atoms with E-state index in [9.17, 15) is 24.6 Å². The molecule has 2 rings (SSSR count). The molecule has 4 N–H and O–H groups in total. The largest absolute Gasteiger partial charge is 0.508 e. The molecule has 5 nitrogen and oxygen atoms in total. The van der Waals surface area contributed by atoms with Crippen LogP contribution in [0.1, 0.15) is 30.4 Å². The van der Waals surface area contributed by atoms with Gasteiger partial charge in [0.05, 0.1) is 5.30 Å². The molecule has 0 bridgehead atoms. The van der Waals surface area contributed by atoms with Crippen LogP contribution in [0.3, 0.4) is 0 Å². The molecule has 1 unspecified atom stereocenters. The minimum Gasteiger partial charge on any atom is -0.508 e. The van der Waals surface area contributed by atoms with Crippen LogP contribution in [0.5, 0.6) is 11.5 Å². The molecule has 0 heterocycles. The van der Waals surface area contributed by atoms with E-state index in [-0.39, 0.29) is 22.7 Å². The molecule has 118 valence electrons. The second kappa shape index (κ2) is 6.53.